The maximum atomic E-state index is 12.7. The van der Waals surface area contributed by atoms with Crippen LogP contribution in [-0.2, 0) is 14.4 Å². The van der Waals surface area contributed by atoms with Gasteiger partial charge in [-0.15, -0.1) is 0 Å². The van der Waals surface area contributed by atoms with E-state index in [1.165, 1.54) is 0 Å². The van der Waals surface area contributed by atoms with Gasteiger partial charge in [-0.1, -0.05) is 13.8 Å². The number of likely N-dealkylation sites (tertiary alicyclic amines) is 1. The van der Waals surface area contributed by atoms with Crippen molar-refractivity contribution in [2.24, 2.45) is 17.8 Å². The minimum absolute atomic E-state index is 0.0804. The van der Waals surface area contributed by atoms with Gasteiger partial charge in [0.2, 0.25) is 5.91 Å². The monoisotopic (exact) mass is 296 g/mol. The highest BCUT2D eigenvalue weighted by molar-refractivity contribution is 5.78. The third-order valence-corrected chi connectivity index (χ3v) is 4.89. The van der Waals surface area contributed by atoms with E-state index in [4.69, 9.17) is 9.57 Å². The number of amides is 1. The van der Waals surface area contributed by atoms with Crippen LogP contribution in [0.2, 0.25) is 0 Å². The predicted octanol–water partition coefficient (Wildman–Crippen LogP) is 1.53. The number of carbonyl (C=O) groups is 1. The van der Waals surface area contributed by atoms with E-state index >= 15 is 0 Å². The van der Waals surface area contributed by atoms with Crippen molar-refractivity contribution in [2.75, 3.05) is 39.4 Å². The third kappa shape index (κ3) is 3.41. The van der Waals surface area contributed by atoms with Crippen LogP contribution in [0.3, 0.4) is 0 Å². The summed E-state index contributed by atoms with van der Waals surface area (Å²) in [7, 11) is 0. The van der Waals surface area contributed by atoms with Gasteiger partial charge in [0, 0.05) is 38.1 Å². The summed E-state index contributed by atoms with van der Waals surface area (Å²) < 4.78 is 5.94. The molecule has 21 heavy (non-hydrogen) atoms. The maximum Gasteiger partial charge on any atom is 0.249 e. The SMILES string of the molecule is CC(C)CN1CC[C@@H]2OCC[C@H](C(=O)N3CCCO3)[C@H]2C1. The third-order valence-electron chi connectivity index (χ3n) is 4.89. The summed E-state index contributed by atoms with van der Waals surface area (Å²) in [5.74, 6) is 1.28. The molecule has 0 aromatic rings. The van der Waals surface area contributed by atoms with Crippen LogP contribution in [0, 0.1) is 17.8 Å². The highest BCUT2D eigenvalue weighted by Gasteiger charge is 2.43. The number of ether oxygens (including phenoxy) is 1. The second kappa shape index (κ2) is 6.63. The summed E-state index contributed by atoms with van der Waals surface area (Å²) in [6, 6.07) is 0. The molecule has 0 saturated carbocycles. The molecule has 3 aliphatic heterocycles. The lowest BCUT2D eigenvalue weighted by Crippen LogP contribution is -2.54. The zero-order valence-electron chi connectivity index (χ0n) is 13.3. The summed E-state index contributed by atoms with van der Waals surface area (Å²) in [6.07, 6.45) is 3.12. The van der Waals surface area contributed by atoms with Crippen LogP contribution < -0.4 is 0 Å². The molecule has 0 radical (unpaired) electrons. The molecule has 0 aromatic heterocycles. The van der Waals surface area contributed by atoms with E-state index in [9.17, 15) is 4.79 Å². The molecule has 0 spiro atoms. The summed E-state index contributed by atoms with van der Waals surface area (Å²) in [6.45, 7) is 9.87. The number of hydrogen-bond donors (Lipinski definition) is 0. The van der Waals surface area contributed by atoms with E-state index < -0.39 is 0 Å². The van der Waals surface area contributed by atoms with Gasteiger partial charge in [0.05, 0.1) is 19.3 Å². The first-order valence-electron chi connectivity index (χ1n) is 8.43. The Morgan fingerprint density at radius 1 is 1.24 bits per heavy atom. The molecule has 5 nitrogen and oxygen atoms in total. The lowest BCUT2D eigenvalue weighted by atomic mass is 9.78. The van der Waals surface area contributed by atoms with E-state index in [1.54, 1.807) is 5.06 Å². The van der Waals surface area contributed by atoms with Gasteiger partial charge in [-0.05, 0) is 25.2 Å². The number of fused-ring (bicyclic) bond motifs is 1. The molecule has 0 aliphatic carbocycles. The molecule has 3 aliphatic rings. The van der Waals surface area contributed by atoms with E-state index in [2.05, 4.69) is 18.7 Å². The van der Waals surface area contributed by atoms with Crippen molar-refractivity contribution in [3.63, 3.8) is 0 Å². The molecule has 0 unspecified atom stereocenters. The van der Waals surface area contributed by atoms with Crippen molar-refractivity contribution >= 4 is 5.91 Å². The van der Waals surface area contributed by atoms with Gasteiger partial charge >= 0.3 is 0 Å². The number of carbonyl (C=O) groups excluding carboxylic acids is 1. The zero-order chi connectivity index (χ0) is 14.8. The molecule has 3 rings (SSSR count). The fourth-order valence-electron chi connectivity index (χ4n) is 3.98. The van der Waals surface area contributed by atoms with Crippen LogP contribution >= 0.6 is 0 Å². The molecule has 0 bridgehead atoms. The predicted molar refractivity (Wildman–Crippen MR) is 79.5 cm³/mol. The molecule has 0 aromatic carbocycles. The van der Waals surface area contributed by atoms with E-state index in [0.29, 0.717) is 18.4 Å². The number of piperidine rings is 1. The Bertz CT molecular complexity index is 369. The fourth-order valence-corrected chi connectivity index (χ4v) is 3.98. The molecule has 3 saturated heterocycles. The van der Waals surface area contributed by atoms with Gasteiger partial charge in [0.1, 0.15) is 0 Å². The van der Waals surface area contributed by atoms with Gasteiger partial charge in [-0.2, -0.15) is 0 Å². The number of rotatable bonds is 3. The van der Waals surface area contributed by atoms with Gasteiger partial charge < -0.3 is 9.64 Å². The molecule has 3 atom stereocenters. The number of nitrogens with zero attached hydrogens (tertiary/aromatic N) is 2. The van der Waals surface area contributed by atoms with Crippen LogP contribution in [-0.4, -0.2) is 61.4 Å². The smallest absolute Gasteiger partial charge is 0.249 e. The van der Waals surface area contributed by atoms with E-state index in [1.807, 2.05) is 0 Å². The quantitative estimate of drug-likeness (QED) is 0.792. The summed E-state index contributed by atoms with van der Waals surface area (Å²) in [4.78, 5) is 20.7. The van der Waals surface area contributed by atoms with Crippen LogP contribution in [0.15, 0.2) is 0 Å². The van der Waals surface area contributed by atoms with E-state index in [-0.39, 0.29) is 17.9 Å². The molecule has 3 heterocycles. The second-order valence-corrected chi connectivity index (χ2v) is 7.04. The molecule has 1 amide bonds. The van der Waals surface area contributed by atoms with Crippen molar-refractivity contribution in [2.45, 2.75) is 39.2 Å². The number of hydroxylamine groups is 2. The Labute approximate surface area is 127 Å². The first-order valence-corrected chi connectivity index (χ1v) is 8.43. The van der Waals surface area contributed by atoms with Gasteiger partial charge in [0.15, 0.2) is 0 Å². The second-order valence-electron chi connectivity index (χ2n) is 7.04. The summed E-state index contributed by atoms with van der Waals surface area (Å²) in [5.41, 5.74) is 0. The summed E-state index contributed by atoms with van der Waals surface area (Å²) >= 11 is 0. The van der Waals surface area contributed by atoms with Crippen molar-refractivity contribution in [3.8, 4) is 0 Å². The Balaban J connectivity index is 1.66. The minimum atomic E-state index is 0.0804. The molecule has 5 heteroatoms. The molecular formula is C16H28N2O3. The van der Waals surface area contributed by atoms with Crippen molar-refractivity contribution in [1.29, 1.82) is 0 Å². The molecule has 0 N–H and O–H groups in total. The Morgan fingerprint density at radius 2 is 2.10 bits per heavy atom. The van der Waals surface area contributed by atoms with Crippen LogP contribution in [0.25, 0.3) is 0 Å². The average Bonchev–Trinajstić information content (AvgIpc) is 2.99. The van der Waals surface area contributed by atoms with Gasteiger partial charge in [-0.25, -0.2) is 5.06 Å². The summed E-state index contributed by atoms with van der Waals surface area (Å²) in [5, 5.41) is 1.61. The minimum Gasteiger partial charge on any atom is -0.378 e. The lowest BCUT2D eigenvalue weighted by molar-refractivity contribution is -0.185. The Hall–Kier alpha value is -0.650. The topological polar surface area (TPSA) is 42.0 Å². The van der Waals surface area contributed by atoms with Crippen LogP contribution in [0.4, 0.5) is 0 Å². The van der Waals surface area contributed by atoms with Crippen molar-refractivity contribution in [3.05, 3.63) is 0 Å². The average molecular weight is 296 g/mol. The zero-order valence-corrected chi connectivity index (χ0v) is 13.3. The normalized spacial score (nSPS) is 34.2. The first-order chi connectivity index (χ1) is 10.1. The molecule has 120 valence electrons. The van der Waals surface area contributed by atoms with Gasteiger partial charge in [0.25, 0.3) is 0 Å². The van der Waals surface area contributed by atoms with E-state index in [0.717, 1.165) is 52.0 Å². The van der Waals surface area contributed by atoms with Crippen molar-refractivity contribution < 1.29 is 14.4 Å². The lowest BCUT2D eigenvalue weighted by Gasteiger charge is -2.45. The first kappa shape index (κ1) is 15.3. The Morgan fingerprint density at radius 3 is 2.81 bits per heavy atom. The highest BCUT2D eigenvalue weighted by atomic mass is 16.7. The standard InChI is InChI=1S/C16H28N2O3/c1-12(2)10-17-7-4-15-14(11-17)13(5-9-20-15)16(19)18-6-3-8-21-18/h12-15H,3-11H2,1-2H3/t13-,14+,15-/m0/s1. The largest absolute Gasteiger partial charge is 0.378 e. The maximum absolute atomic E-state index is 12.7. The molecular weight excluding hydrogens is 268 g/mol. The van der Waals surface area contributed by atoms with Crippen LogP contribution in [0.5, 0.6) is 0 Å². The molecule has 3 fully saturated rings. The van der Waals surface area contributed by atoms with Crippen LogP contribution in [0.1, 0.15) is 33.1 Å². The number of hydrogen-bond acceptors (Lipinski definition) is 4. The van der Waals surface area contributed by atoms with Crippen molar-refractivity contribution in [1.82, 2.24) is 9.96 Å². The van der Waals surface area contributed by atoms with Gasteiger partial charge in [-0.3, -0.25) is 9.63 Å². The fraction of sp³-hybridized carbons (Fsp3) is 0.938. The highest BCUT2D eigenvalue weighted by Crippen LogP contribution is 2.35. The Kier molecular flexibility index (Phi) is 4.82.